The molecule has 12 heteroatoms. The number of pyridine rings is 1. The summed E-state index contributed by atoms with van der Waals surface area (Å²) in [6.07, 6.45) is 3.62. The van der Waals surface area contributed by atoms with Crippen LogP contribution in [-0.4, -0.2) is 54.0 Å². The normalized spacial score (nSPS) is 15.4. The lowest BCUT2D eigenvalue weighted by Crippen LogP contribution is -2.48. The third-order valence-corrected chi connectivity index (χ3v) is 7.47. The molecule has 2 aliphatic rings. The molecule has 5 rings (SSSR count). The summed E-state index contributed by atoms with van der Waals surface area (Å²) in [5.41, 5.74) is 9.41. The maximum Gasteiger partial charge on any atom is 0.261 e. The summed E-state index contributed by atoms with van der Waals surface area (Å²) in [7, 11) is 0. The van der Waals surface area contributed by atoms with Gasteiger partial charge in [-0.1, -0.05) is 17.7 Å². The molecule has 0 bridgehead atoms. The highest BCUT2D eigenvalue weighted by Crippen LogP contribution is 2.33. The van der Waals surface area contributed by atoms with Gasteiger partial charge in [-0.05, 0) is 36.4 Å². The van der Waals surface area contributed by atoms with E-state index in [-0.39, 0.29) is 17.4 Å². The van der Waals surface area contributed by atoms with Gasteiger partial charge < -0.3 is 20.5 Å². The Morgan fingerprint density at radius 1 is 1.05 bits per heavy atom. The zero-order valence-corrected chi connectivity index (χ0v) is 21.7. The number of benzene rings is 1. The molecule has 2 aromatic heterocycles. The molecule has 2 aliphatic heterocycles. The van der Waals surface area contributed by atoms with E-state index in [0.717, 1.165) is 22.8 Å². The number of nitrogens with zero attached hydrogens (tertiary/aromatic N) is 4. The fraction of sp³-hybridized carbons (Fsp3) is 0.240. The van der Waals surface area contributed by atoms with Gasteiger partial charge in [0.2, 0.25) is 5.91 Å². The van der Waals surface area contributed by atoms with Crippen molar-refractivity contribution in [2.45, 2.75) is 6.92 Å². The number of aromatic nitrogens is 1. The largest absolute Gasteiger partial charge is 0.366 e. The maximum atomic E-state index is 12.5. The molecular formula is C25H26ClN7O3S. The Morgan fingerprint density at radius 2 is 1.86 bits per heavy atom. The van der Waals surface area contributed by atoms with Crippen molar-refractivity contribution >= 4 is 46.1 Å². The number of anilines is 2. The number of rotatable bonds is 6. The molecule has 4 heterocycles. The van der Waals surface area contributed by atoms with E-state index in [1.807, 2.05) is 40.4 Å². The Balaban J connectivity index is 1.39. The fourth-order valence-electron chi connectivity index (χ4n) is 4.29. The van der Waals surface area contributed by atoms with Crippen molar-refractivity contribution in [3.8, 4) is 5.69 Å². The molecule has 1 saturated heterocycles. The minimum atomic E-state index is -0.195. The number of thiophene rings is 1. The molecule has 192 valence electrons. The van der Waals surface area contributed by atoms with Crippen LogP contribution in [-0.2, 0) is 4.79 Å². The van der Waals surface area contributed by atoms with Crippen LogP contribution in [0.2, 0.25) is 4.34 Å². The topological polar surface area (TPSA) is 102 Å². The standard InChI is InChI=1S/C25H26ClN7O3S/c1-17(34)30-10-12-31(13-11-30)21-14-19(32-9-3-2-4-24(32)35)5-6-20(21)33-16-18(28-29-33)15-27-25(36)22-7-8-23(26)37-22/h2-9,14,16,28-29H,10-13,15H2,1H3,(H,27,36). The lowest BCUT2D eigenvalue weighted by molar-refractivity contribution is -0.129. The molecule has 2 amide bonds. The third-order valence-electron chi connectivity index (χ3n) is 6.24. The monoisotopic (exact) mass is 539 g/mol. The maximum absolute atomic E-state index is 12.5. The first-order valence-electron chi connectivity index (χ1n) is 11.8. The Morgan fingerprint density at radius 3 is 2.57 bits per heavy atom. The van der Waals surface area contributed by atoms with Gasteiger partial charge in [0.15, 0.2) is 0 Å². The highest BCUT2D eigenvalue weighted by Gasteiger charge is 2.24. The summed E-state index contributed by atoms with van der Waals surface area (Å²) < 4.78 is 2.16. The molecule has 3 N–H and O–H groups in total. The van der Waals surface area contributed by atoms with Crippen LogP contribution in [0.5, 0.6) is 0 Å². The van der Waals surface area contributed by atoms with Crippen LogP contribution in [0.4, 0.5) is 11.4 Å². The molecule has 0 radical (unpaired) electrons. The van der Waals surface area contributed by atoms with E-state index in [1.54, 1.807) is 35.9 Å². The second-order valence-corrected chi connectivity index (χ2v) is 10.3. The van der Waals surface area contributed by atoms with Crippen molar-refractivity contribution in [1.82, 2.24) is 25.7 Å². The molecule has 0 atom stereocenters. The quantitative estimate of drug-likeness (QED) is 0.442. The Labute approximate surface area is 222 Å². The number of nitrogens with one attached hydrogen (secondary N) is 3. The second kappa shape index (κ2) is 10.7. The van der Waals surface area contributed by atoms with Gasteiger partial charge in [0.1, 0.15) is 0 Å². The number of hydrogen-bond donors (Lipinski definition) is 3. The first kappa shape index (κ1) is 24.9. The van der Waals surface area contributed by atoms with Crippen LogP contribution in [0, 0.1) is 0 Å². The summed E-state index contributed by atoms with van der Waals surface area (Å²) in [5, 5.41) is 4.73. The number of amides is 2. The SMILES string of the molecule is CC(=O)N1CCN(c2cc(-n3ccccc3=O)ccc2N2C=C(CNC(=O)c3ccc(Cl)s3)NN2)CC1. The van der Waals surface area contributed by atoms with E-state index in [9.17, 15) is 14.4 Å². The average molecular weight is 540 g/mol. The van der Waals surface area contributed by atoms with Crippen LogP contribution in [0.1, 0.15) is 16.6 Å². The molecule has 1 fully saturated rings. The third kappa shape index (κ3) is 5.48. The molecule has 37 heavy (non-hydrogen) atoms. The molecule has 0 spiro atoms. The first-order chi connectivity index (χ1) is 17.9. The Kier molecular flexibility index (Phi) is 7.17. The van der Waals surface area contributed by atoms with Crippen molar-refractivity contribution in [2.75, 3.05) is 42.6 Å². The summed E-state index contributed by atoms with van der Waals surface area (Å²) in [4.78, 5) is 41.3. The summed E-state index contributed by atoms with van der Waals surface area (Å²) in [6, 6.07) is 14.3. The van der Waals surface area contributed by atoms with Gasteiger partial charge in [-0.15, -0.1) is 16.9 Å². The highest BCUT2D eigenvalue weighted by molar-refractivity contribution is 7.18. The highest BCUT2D eigenvalue weighted by atomic mass is 35.5. The van der Waals surface area contributed by atoms with Gasteiger partial charge in [-0.3, -0.25) is 24.0 Å². The van der Waals surface area contributed by atoms with Gasteiger partial charge >= 0.3 is 0 Å². The fourth-order valence-corrected chi connectivity index (χ4v) is 5.25. The average Bonchev–Trinajstić information content (AvgIpc) is 3.56. The van der Waals surface area contributed by atoms with Gasteiger partial charge in [-0.25, -0.2) is 0 Å². The minimum absolute atomic E-state index is 0.0642. The van der Waals surface area contributed by atoms with E-state index in [0.29, 0.717) is 41.9 Å². The smallest absolute Gasteiger partial charge is 0.261 e. The molecule has 0 aliphatic carbocycles. The zero-order valence-electron chi connectivity index (χ0n) is 20.1. The number of carbonyl (C=O) groups is 2. The molecule has 0 unspecified atom stereocenters. The Hall–Kier alpha value is -3.80. The van der Waals surface area contributed by atoms with Crippen molar-refractivity contribution in [3.05, 3.63) is 86.2 Å². The van der Waals surface area contributed by atoms with Gasteiger partial charge in [0.05, 0.1) is 38.5 Å². The molecular weight excluding hydrogens is 514 g/mol. The van der Waals surface area contributed by atoms with Gasteiger partial charge in [0.25, 0.3) is 11.5 Å². The lowest BCUT2D eigenvalue weighted by Gasteiger charge is -2.37. The summed E-state index contributed by atoms with van der Waals surface area (Å²) in [5.74, 6) is -0.131. The van der Waals surface area contributed by atoms with Crippen molar-refractivity contribution in [3.63, 3.8) is 0 Å². The number of hydrogen-bond acceptors (Lipinski definition) is 8. The van der Waals surface area contributed by atoms with E-state index < -0.39 is 0 Å². The number of halogens is 1. The van der Waals surface area contributed by atoms with E-state index in [2.05, 4.69) is 21.2 Å². The van der Waals surface area contributed by atoms with Crippen molar-refractivity contribution in [2.24, 2.45) is 0 Å². The molecule has 1 aromatic carbocycles. The van der Waals surface area contributed by atoms with E-state index >= 15 is 0 Å². The van der Waals surface area contributed by atoms with Gasteiger partial charge in [0, 0.05) is 51.6 Å². The van der Waals surface area contributed by atoms with Crippen LogP contribution in [0.3, 0.4) is 0 Å². The molecule has 10 nitrogen and oxygen atoms in total. The van der Waals surface area contributed by atoms with Crippen LogP contribution in [0.25, 0.3) is 5.69 Å². The second-order valence-electron chi connectivity index (χ2n) is 8.62. The van der Waals surface area contributed by atoms with Crippen LogP contribution < -0.4 is 31.7 Å². The predicted octanol–water partition coefficient (Wildman–Crippen LogP) is 2.32. The number of hydrazine groups is 2. The van der Waals surface area contributed by atoms with Gasteiger partial charge in [-0.2, -0.15) is 0 Å². The van der Waals surface area contributed by atoms with Crippen molar-refractivity contribution in [1.29, 1.82) is 0 Å². The Bertz CT molecular complexity index is 1410. The number of piperazine rings is 1. The first-order valence-corrected chi connectivity index (χ1v) is 13.0. The van der Waals surface area contributed by atoms with Crippen LogP contribution >= 0.6 is 22.9 Å². The lowest BCUT2D eigenvalue weighted by atomic mass is 10.1. The zero-order chi connectivity index (χ0) is 25.9. The van der Waals surface area contributed by atoms with E-state index in [1.165, 1.54) is 17.4 Å². The predicted molar refractivity (Wildman–Crippen MR) is 145 cm³/mol. The van der Waals surface area contributed by atoms with E-state index in [4.69, 9.17) is 11.6 Å². The molecule has 0 saturated carbocycles. The number of carbonyl (C=O) groups excluding carboxylic acids is 2. The summed E-state index contributed by atoms with van der Waals surface area (Å²) in [6.45, 7) is 4.45. The van der Waals surface area contributed by atoms with Crippen LogP contribution in [0.15, 0.2) is 71.4 Å². The minimum Gasteiger partial charge on any atom is -0.366 e. The summed E-state index contributed by atoms with van der Waals surface area (Å²) >= 11 is 7.16. The van der Waals surface area contributed by atoms with Crippen molar-refractivity contribution < 1.29 is 9.59 Å². The molecule has 3 aromatic rings.